The Morgan fingerprint density at radius 3 is 2.50 bits per heavy atom. The zero-order valence-electron chi connectivity index (χ0n) is 17.4. The zero-order valence-corrected chi connectivity index (χ0v) is 18.2. The lowest BCUT2D eigenvalue weighted by Crippen LogP contribution is -2.14. The van der Waals surface area contributed by atoms with Crippen LogP contribution in [0.5, 0.6) is 11.6 Å². The topological polar surface area (TPSA) is 90.4 Å². The molecule has 2 aromatic carbocycles. The summed E-state index contributed by atoms with van der Waals surface area (Å²) in [5, 5.41) is 8.27. The normalized spacial score (nSPS) is 11.4. The number of nitrogens with one attached hydrogen (secondary N) is 1. The molecule has 0 saturated heterocycles. The third-order valence-corrected chi connectivity index (χ3v) is 5.63. The van der Waals surface area contributed by atoms with E-state index in [9.17, 15) is 8.42 Å². The summed E-state index contributed by atoms with van der Waals surface area (Å²) < 4.78 is 39.2. The first-order chi connectivity index (χ1) is 14.3. The van der Waals surface area contributed by atoms with Crippen LogP contribution in [-0.2, 0) is 10.0 Å². The predicted molar refractivity (Wildman–Crippen MR) is 116 cm³/mol. The fraction of sp³-hybridized carbons (Fsp3) is 0.273. The molecule has 0 aliphatic rings. The maximum atomic E-state index is 12.9. The monoisotopic (exact) mass is 427 g/mol. The summed E-state index contributed by atoms with van der Waals surface area (Å²) in [6.07, 6.45) is 0. The van der Waals surface area contributed by atoms with Crippen molar-refractivity contribution in [1.82, 2.24) is 10.2 Å². The number of anilines is 1. The molecule has 158 valence electrons. The highest BCUT2D eigenvalue weighted by atomic mass is 32.2. The Hall–Kier alpha value is -3.13. The lowest BCUT2D eigenvalue weighted by molar-refractivity contribution is 0.258. The molecule has 7 nitrogen and oxygen atoms in total. The summed E-state index contributed by atoms with van der Waals surface area (Å²) in [5.41, 5.74) is 2.58. The summed E-state index contributed by atoms with van der Waals surface area (Å²) in [4.78, 5) is 0.0850. The molecule has 0 spiro atoms. The van der Waals surface area contributed by atoms with E-state index in [1.165, 1.54) is 7.11 Å². The molecule has 0 radical (unpaired) electrons. The van der Waals surface area contributed by atoms with Crippen LogP contribution in [0, 0.1) is 12.8 Å². The van der Waals surface area contributed by atoms with Crippen LogP contribution in [0.3, 0.4) is 0 Å². The van der Waals surface area contributed by atoms with Gasteiger partial charge in [-0.15, -0.1) is 10.2 Å². The number of aromatic nitrogens is 2. The van der Waals surface area contributed by atoms with Crippen molar-refractivity contribution in [2.75, 3.05) is 18.4 Å². The highest BCUT2D eigenvalue weighted by Crippen LogP contribution is 2.28. The first-order valence-corrected chi connectivity index (χ1v) is 11.0. The van der Waals surface area contributed by atoms with Gasteiger partial charge in [0.15, 0.2) is 0 Å². The van der Waals surface area contributed by atoms with Crippen LogP contribution in [0.1, 0.15) is 19.4 Å². The van der Waals surface area contributed by atoms with E-state index in [2.05, 4.69) is 28.8 Å². The van der Waals surface area contributed by atoms with Gasteiger partial charge in [0.1, 0.15) is 10.6 Å². The van der Waals surface area contributed by atoms with Gasteiger partial charge < -0.3 is 9.47 Å². The Bertz CT molecular complexity index is 1110. The Morgan fingerprint density at radius 2 is 1.83 bits per heavy atom. The fourth-order valence-electron chi connectivity index (χ4n) is 2.75. The van der Waals surface area contributed by atoms with Crippen LogP contribution < -0.4 is 14.2 Å². The smallest absolute Gasteiger partial charge is 0.265 e. The second-order valence-corrected chi connectivity index (χ2v) is 8.95. The zero-order chi connectivity index (χ0) is 21.7. The lowest BCUT2D eigenvalue weighted by Gasteiger charge is -2.13. The van der Waals surface area contributed by atoms with Crippen LogP contribution in [-0.4, -0.2) is 32.3 Å². The Kier molecular flexibility index (Phi) is 6.56. The maximum absolute atomic E-state index is 12.9. The van der Waals surface area contributed by atoms with E-state index in [0.29, 0.717) is 29.8 Å². The van der Waals surface area contributed by atoms with E-state index < -0.39 is 10.0 Å². The Balaban J connectivity index is 1.83. The van der Waals surface area contributed by atoms with Gasteiger partial charge in [0.05, 0.1) is 19.4 Å². The first-order valence-electron chi connectivity index (χ1n) is 9.53. The van der Waals surface area contributed by atoms with E-state index >= 15 is 0 Å². The molecule has 1 aromatic heterocycles. The van der Waals surface area contributed by atoms with E-state index in [1.54, 1.807) is 48.5 Å². The first kappa shape index (κ1) is 21.6. The number of nitrogens with zero attached hydrogens (tertiary/aromatic N) is 2. The number of benzene rings is 2. The number of methoxy groups -OCH3 is 1. The van der Waals surface area contributed by atoms with Gasteiger partial charge in [0, 0.05) is 17.3 Å². The van der Waals surface area contributed by atoms with Crippen LogP contribution in [0.2, 0.25) is 0 Å². The van der Waals surface area contributed by atoms with Gasteiger partial charge in [-0.2, -0.15) is 0 Å². The molecule has 1 N–H and O–H groups in total. The molecule has 8 heteroatoms. The van der Waals surface area contributed by atoms with Gasteiger partial charge in [-0.25, -0.2) is 8.42 Å². The molecule has 3 aromatic rings. The minimum atomic E-state index is -3.83. The second-order valence-electron chi connectivity index (χ2n) is 7.30. The average molecular weight is 428 g/mol. The Morgan fingerprint density at radius 1 is 1.03 bits per heavy atom. The molecule has 0 fully saturated rings. The number of aryl methyl sites for hydroxylation is 1. The SMILES string of the molecule is COc1ccc(C)cc1S(=O)(=O)Nc1cccc(-c2ccc(OCC(C)C)nn2)c1. The molecule has 0 unspecified atom stereocenters. The summed E-state index contributed by atoms with van der Waals surface area (Å²) in [7, 11) is -2.39. The largest absolute Gasteiger partial charge is 0.495 e. The number of hydrogen-bond donors (Lipinski definition) is 1. The Labute approximate surface area is 177 Å². The summed E-state index contributed by atoms with van der Waals surface area (Å²) in [5.74, 6) is 1.13. The number of hydrogen-bond acceptors (Lipinski definition) is 6. The van der Waals surface area contributed by atoms with Crippen molar-refractivity contribution >= 4 is 15.7 Å². The van der Waals surface area contributed by atoms with Crippen molar-refractivity contribution in [3.05, 3.63) is 60.2 Å². The van der Waals surface area contributed by atoms with Crippen LogP contribution in [0.25, 0.3) is 11.3 Å². The molecule has 0 saturated carbocycles. The van der Waals surface area contributed by atoms with Crippen molar-refractivity contribution in [1.29, 1.82) is 0 Å². The van der Waals surface area contributed by atoms with E-state index in [1.807, 2.05) is 13.0 Å². The van der Waals surface area contributed by atoms with Crippen molar-refractivity contribution < 1.29 is 17.9 Å². The second kappa shape index (κ2) is 9.13. The van der Waals surface area contributed by atoms with Crippen LogP contribution in [0.4, 0.5) is 5.69 Å². The molecular weight excluding hydrogens is 402 g/mol. The molecular formula is C22H25N3O4S. The molecule has 0 amide bonds. The van der Waals surface area contributed by atoms with Crippen LogP contribution >= 0.6 is 0 Å². The van der Waals surface area contributed by atoms with Gasteiger partial charge in [0.2, 0.25) is 5.88 Å². The van der Waals surface area contributed by atoms with Gasteiger partial charge in [-0.1, -0.05) is 32.0 Å². The fourth-order valence-corrected chi connectivity index (χ4v) is 4.05. The van der Waals surface area contributed by atoms with Crippen molar-refractivity contribution in [2.45, 2.75) is 25.7 Å². The van der Waals surface area contributed by atoms with Crippen molar-refractivity contribution in [3.63, 3.8) is 0 Å². The van der Waals surface area contributed by atoms with Gasteiger partial charge >= 0.3 is 0 Å². The number of ether oxygens (including phenoxy) is 2. The van der Waals surface area contributed by atoms with Crippen LogP contribution in [0.15, 0.2) is 59.5 Å². The minimum Gasteiger partial charge on any atom is -0.495 e. The maximum Gasteiger partial charge on any atom is 0.265 e. The van der Waals surface area contributed by atoms with E-state index in [0.717, 1.165) is 11.1 Å². The number of sulfonamides is 1. The quantitative estimate of drug-likeness (QED) is 0.577. The molecule has 0 aliphatic heterocycles. The van der Waals surface area contributed by atoms with Gasteiger partial charge in [0.25, 0.3) is 10.0 Å². The standard InChI is InChI=1S/C22H25N3O4S/c1-15(2)14-29-22-11-9-19(23-24-22)17-6-5-7-18(13-17)25-30(26,27)21-12-16(3)8-10-20(21)28-4/h5-13,15,25H,14H2,1-4H3. The van der Waals surface area contributed by atoms with Gasteiger partial charge in [-0.05, 0) is 48.7 Å². The molecule has 1 heterocycles. The van der Waals surface area contributed by atoms with E-state index in [-0.39, 0.29) is 10.6 Å². The predicted octanol–water partition coefficient (Wildman–Crippen LogP) is 4.30. The molecule has 0 aliphatic carbocycles. The summed E-state index contributed by atoms with van der Waals surface area (Å²) in [6, 6.07) is 15.5. The average Bonchev–Trinajstić information content (AvgIpc) is 2.72. The highest BCUT2D eigenvalue weighted by Gasteiger charge is 2.20. The third-order valence-electron chi connectivity index (χ3n) is 4.22. The van der Waals surface area contributed by atoms with E-state index in [4.69, 9.17) is 9.47 Å². The number of rotatable bonds is 8. The molecule has 30 heavy (non-hydrogen) atoms. The minimum absolute atomic E-state index is 0.0850. The highest BCUT2D eigenvalue weighted by molar-refractivity contribution is 7.92. The molecule has 0 atom stereocenters. The summed E-state index contributed by atoms with van der Waals surface area (Å²) in [6.45, 7) is 6.50. The molecule has 3 rings (SSSR count). The van der Waals surface area contributed by atoms with Crippen molar-refractivity contribution in [3.8, 4) is 22.9 Å². The van der Waals surface area contributed by atoms with Crippen molar-refractivity contribution in [2.24, 2.45) is 5.92 Å². The van der Waals surface area contributed by atoms with Gasteiger partial charge in [-0.3, -0.25) is 4.72 Å². The third kappa shape index (κ3) is 5.27. The summed E-state index contributed by atoms with van der Waals surface area (Å²) >= 11 is 0. The lowest BCUT2D eigenvalue weighted by atomic mass is 10.1. The molecule has 0 bridgehead atoms.